The molecular formula is C11H15ClFNO. The van der Waals surface area contributed by atoms with Gasteiger partial charge in [-0.25, -0.2) is 4.39 Å². The molecule has 0 radical (unpaired) electrons. The number of anilines is 1. The smallest absolute Gasteiger partial charge is 0.125 e. The number of benzene rings is 1. The average molecular weight is 232 g/mol. The highest BCUT2D eigenvalue weighted by atomic mass is 35.5. The molecule has 1 aromatic rings. The summed E-state index contributed by atoms with van der Waals surface area (Å²) >= 11 is 5.87. The standard InChI is InChI=1S/C11H15ClFNO/c1-2-6-15-7-5-14-11-8-9(13)3-4-10(11)12/h3-4,8,14H,2,5-7H2,1H3. The molecule has 0 aliphatic rings. The van der Waals surface area contributed by atoms with Crippen LogP contribution in [0.4, 0.5) is 10.1 Å². The second-order valence-corrected chi connectivity index (χ2v) is 3.57. The molecule has 0 fully saturated rings. The van der Waals surface area contributed by atoms with E-state index in [9.17, 15) is 4.39 Å². The number of rotatable bonds is 6. The van der Waals surface area contributed by atoms with E-state index in [1.165, 1.54) is 18.2 Å². The van der Waals surface area contributed by atoms with Gasteiger partial charge in [0.15, 0.2) is 0 Å². The molecule has 1 aromatic carbocycles. The Balaban J connectivity index is 2.33. The summed E-state index contributed by atoms with van der Waals surface area (Å²) in [7, 11) is 0. The summed E-state index contributed by atoms with van der Waals surface area (Å²) in [6.07, 6.45) is 1.00. The van der Waals surface area contributed by atoms with Gasteiger partial charge in [-0.05, 0) is 24.6 Å². The van der Waals surface area contributed by atoms with E-state index < -0.39 is 0 Å². The SMILES string of the molecule is CCCOCCNc1cc(F)ccc1Cl. The Bertz CT molecular complexity index is 307. The third kappa shape index (κ3) is 4.49. The Kier molecular flexibility index (Phi) is 5.43. The van der Waals surface area contributed by atoms with Crippen LogP contribution in [-0.4, -0.2) is 19.8 Å². The average Bonchev–Trinajstić information content (AvgIpc) is 2.23. The highest BCUT2D eigenvalue weighted by Gasteiger charge is 2.00. The predicted octanol–water partition coefficient (Wildman–Crippen LogP) is 3.32. The van der Waals surface area contributed by atoms with E-state index in [4.69, 9.17) is 16.3 Å². The van der Waals surface area contributed by atoms with Gasteiger partial charge in [0.25, 0.3) is 0 Å². The Morgan fingerprint density at radius 3 is 2.93 bits per heavy atom. The normalized spacial score (nSPS) is 10.3. The van der Waals surface area contributed by atoms with Gasteiger partial charge in [0, 0.05) is 13.2 Å². The molecule has 0 atom stereocenters. The van der Waals surface area contributed by atoms with Crippen molar-refractivity contribution in [3.05, 3.63) is 29.0 Å². The van der Waals surface area contributed by atoms with Crippen molar-refractivity contribution in [1.82, 2.24) is 0 Å². The summed E-state index contributed by atoms with van der Waals surface area (Å²) in [6.45, 7) is 4.03. The van der Waals surface area contributed by atoms with Crippen LogP contribution in [0.5, 0.6) is 0 Å². The molecule has 2 nitrogen and oxygen atoms in total. The second-order valence-electron chi connectivity index (χ2n) is 3.16. The quantitative estimate of drug-likeness (QED) is 0.759. The fraction of sp³-hybridized carbons (Fsp3) is 0.455. The fourth-order valence-electron chi connectivity index (χ4n) is 1.14. The third-order valence-corrected chi connectivity index (χ3v) is 2.17. The summed E-state index contributed by atoms with van der Waals surface area (Å²) in [6, 6.07) is 4.25. The molecule has 1 rings (SSSR count). The number of halogens is 2. The lowest BCUT2D eigenvalue weighted by Gasteiger charge is -2.08. The Hall–Kier alpha value is -0.800. The molecule has 0 bridgehead atoms. The van der Waals surface area contributed by atoms with Crippen molar-refractivity contribution in [2.24, 2.45) is 0 Å². The van der Waals surface area contributed by atoms with E-state index in [2.05, 4.69) is 12.2 Å². The van der Waals surface area contributed by atoms with Crippen LogP contribution >= 0.6 is 11.6 Å². The Morgan fingerprint density at radius 2 is 2.20 bits per heavy atom. The highest BCUT2D eigenvalue weighted by molar-refractivity contribution is 6.33. The van der Waals surface area contributed by atoms with Crippen molar-refractivity contribution in [1.29, 1.82) is 0 Å². The van der Waals surface area contributed by atoms with E-state index in [-0.39, 0.29) is 5.82 Å². The zero-order valence-corrected chi connectivity index (χ0v) is 9.48. The van der Waals surface area contributed by atoms with Gasteiger partial charge in [-0.2, -0.15) is 0 Å². The molecule has 0 unspecified atom stereocenters. The minimum atomic E-state index is -0.295. The maximum atomic E-state index is 12.8. The first-order valence-corrected chi connectivity index (χ1v) is 5.38. The van der Waals surface area contributed by atoms with Crippen LogP contribution in [-0.2, 0) is 4.74 Å². The Morgan fingerprint density at radius 1 is 1.40 bits per heavy atom. The molecule has 84 valence electrons. The van der Waals surface area contributed by atoms with Gasteiger partial charge in [-0.15, -0.1) is 0 Å². The molecule has 0 spiro atoms. The third-order valence-electron chi connectivity index (χ3n) is 1.84. The van der Waals surface area contributed by atoms with Crippen LogP contribution < -0.4 is 5.32 Å². The lowest BCUT2D eigenvalue weighted by atomic mass is 10.3. The molecular weight excluding hydrogens is 217 g/mol. The minimum Gasteiger partial charge on any atom is -0.381 e. The number of ether oxygens (including phenoxy) is 1. The van der Waals surface area contributed by atoms with Gasteiger partial charge < -0.3 is 10.1 Å². The molecule has 1 N–H and O–H groups in total. The van der Waals surface area contributed by atoms with Gasteiger partial charge >= 0.3 is 0 Å². The first-order valence-electron chi connectivity index (χ1n) is 5.00. The van der Waals surface area contributed by atoms with E-state index in [0.717, 1.165) is 13.0 Å². The van der Waals surface area contributed by atoms with Crippen molar-refractivity contribution in [2.45, 2.75) is 13.3 Å². The first-order chi connectivity index (χ1) is 7.24. The fourth-order valence-corrected chi connectivity index (χ4v) is 1.32. The van der Waals surface area contributed by atoms with Crippen molar-refractivity contribution >= 4 is 17.3 Å². The van der Waals surface area contributed by atoms with Crippen LogP contribution in [0.25, 0.3) is 0 Å². The van der Waals surface area contributed by atoms with Gasteiger partial charge in [0.1, 0.15) is 5.82 Å². The molecule has 4 heteroatoms. The van der Waals surface area contributed by atoms with E-state index in [1.807, 2.05) is 0 Å². The molecule has 0 aliphatic heterocycles. The maximum Gasteiger partial charge on any atom is 0.125 e. The largest absolute Gasteiger partial charge is 0.381 e. The van der Waals surface area contributed by atoms with E-state index in [0.29, 0.717) is 23.9 Å². The second kappa shape index (κ2) is 6.64. The van der Waals surface area contributed by atoms with Crippen LogP contribution in [0.1, 0.15) is 13.3 Å². The molecule has 0 heterocycles. The van der Waals surface area contributed by atoms with Crippen LogP contribution in [0.15, 0.2) is 18.2 Å². The highest BCUT2D eigenvalue weighted by Crippen LogP contribution is 2.21. The Labute approximate surface area is 94.4 Å². The number of hydrogen-bond acceptors (Lipinski definition) is 2. The van der Waals surface area contributed by atoms with Gasteiger partial charge in [-0.3, -0.25) is 0 Å². The summed E-state index contributed by atoms with van der Waals surface area (Å²) in [5.74, 6) is -0.295. The van der Waals surface area contributed by atoms with Gasteiger partial charge in [0.05, 0.1) is 17.3 Å². The van der Waals surface area contributed by atoms with Gasteiger partial charge in [0.2, 0.25) is 0 Å². The zero-order chi connectivity index (χ0) is 11.1. The molecule has 0 saturated carbocycles. The molecule has 0 saturated heterocycles. The maximum absolute atomic E-state index is 12.8. The van der Waals surface area contributed by atoms with Gasteiger partial charge in [-0.1, -0.05) is 18.5 Å². The van der Waals surface area contributed by atoms with E-state index >= 15 is 0 Å². The van der Waals surface area contributed by atoms with Crippen molar-refractivity contribution in [3.63, 3.8) is 0 Å². The van der Waals surface area contributed by atoms with E-state index in [1.54, 1.807) is 0 Å². The summed E-state index contributed by atoms with van der Waals surface area (Å²) in [5.41, 5.74) is 0.608. The van der Waals surface area contributed by atoms with Crippen LogP contribution in [0, 0.1) is 5.82 Å². The summed E-state index contributed by atoms with van der Waals surface area (Å²) in [4.78, 5) is 0. The van der Waals surface area contributed by atoms with Crippen LogP contribution in [0.3, 0.4) is 0 Å². The number of hydrogen-bond donors (Lipinski definition) is 1. The predicted molar refractivity (Wildman–Crippen MR) is 61.0 cm³/mol. The van der Waals surface area contributed by atoms with Crippen LogP contribution in [0.2, 0.25) is 5.02 Å². The number of nitrogens with one attached hydrogen (secondary N) is 1. The molecule has 0 aliphatic carbocycles. The summed E-state index contributed by atoms with van der Waals surface area (Å²) < 4.78 is 18.1. The molecule has 15 heavy (non-hydrogen) atoms. The first kappa shape index (κ1) is 12.3. The zero-order valence-electron chi connectivity index (χ0n) is 8.72. The lowest BCUT2D eigenvalue weighted by molar-refractivity contribution is 0.144. The van der Waals surface area contributed by atoms with Crippen molar-refractivity contribution in [3.8, 4) is 0 Å². The van der Waals surface area contributed by atoms with Crippen molar-refractivity contribution < 1.29 is 9.13 Å². The lowest BCUT2D eigenvalue weighted by Crippen LogP contribution is -2.10. The monoisotopic (exact) mass is 231 g/mol. The van der Waals surface area contributed by atoms with Crippen molar-refractivity contribution in [2.75, 3.05) is 25.1 Å². The minimum absolute atomic E-state index is 0.295. The summed E-state index contributed by atoms with van der Waals surface area (Å²) in [5, 5.41) is 3.54. The molecule has 0 aromatic heterocycles. The molecule has 0 amide bonds. The topological polar surface area (TPSA) is 21.3 Å².